The van der Waals surface area contributed by atoms with Crippen molar-refractivity contribution in [3.05, 3.63) is 64.7 Å². The summed E-state index contributed by atoms with van der Waals surface area (Å²) in [4.78, 5) is 31.2. The van der Waals surface area contributed by atoms with Crippen LogP contribution in [0.15, 0.2) is 42.5 Å². The van der Waals surface area contributed by atoms with E-state index in [9.17, 15) is 9.59 Å². The van der Waals surface area contributed by atoms with Crippen molar-refractivity contribution in [2.45, 2.75) is 63.9 Å². The minimum atomic E-state index is -1.00. The molecule has 3 aliphatic rings. The van der Waals surface area contributed by atoms with Gasteiger partial charge in [-0.25, -0.2) is 0 Å². The lowest BCUT2D eigenvalue weighted by atomic mass is 9.89. The zero-order chi connectivity index (χ0) is 25.0. The quantitative estimate of drug-likeness (QED) is 0.625. The third-order valence-electron chi connectivity index (χ3n) is 8.00. The molecule has 2 aromatic carbocycles. The second-order valence-corrected chi connectivity index (χ2v) is 10.3. The molecule has 2 heterocycles. The van der Waals surface area contributed by atoms with Crippen LogP contribution in [0.1, 0.15) is 66.1 Å². The largest absolute Gasteiger partial charge is 0.491 e. The number of rotatable bonds is 2. The Kier molecular flexibility index (Phi) is 7.61. The molecule has 6 nitrogen and oxygen atoms in total. The van der Waals surface area contributed by atoms with Gasteiger partial charge in [-0.05, 0) is 93.2 Å². The van der Waals surface area contributed by atoms with E-state index in [4.69, 9.17) is 9.47 Å². The van der Waals surface area contributed by atoms with Crippen LogP contribution in [0.2, 0.25) is 0 Å². The maximum Gasteiger partial charge on any atom is 0.256 e. The lowest BCUT2D eigenvalue weighted by Crippen LogP contribution is -2.62. The van der Waals surface area contributed by atoms with Gasteiger partial charge in [-0.3, -0.25) is 9.59 Å². The Balaban J connectivity index is 1.36. The first-order valence-electron chi connectivity index (χ1n) is 13.6. The molecule has 1 atom stereocenters. The van der Waals surface area contributed by atoms with E-state index >= 15 is 0 Å². The van der Waals surface area contributed by atoms with E-state index in [2.05, 4.69) is 18.2 Å². The number of likely N-dealkylation sites (N-methyl/N-ethyl adjacent to an activating group) is 1. The summed E-state index contributed by atoms with van der Waals surface area (Å²) < 4.78 is 12.4. The van der Waals surface area contributed by atoms with Gasteiger partial charge in [0, 0.05) is 18.7 Å². The lowest BCUT2D eigenvalue weighted by molar-refractivity contribution is -0.170. The average Bonchev–Trinajstić information content (AvgIpc) is 2.92. The van der Waals surface area contributed by atoms with Crippen molar-refractivity contribution < 1.29 is 19.1 Å². The predicted molar refractivity (Wildman–Crippen MR) is 139 cm³/mol. The number of carbonyl (C=O) groups is 2. The van der Waals surface area contributed by atoms with Crippen LogP contribution >= 0.6 is 0 Å². The second kappa shape index (κ2) is 11.0. The number of hydrogen-bond donors (Lipinski definition) is 0. The van der Waals surface area contributed by atoms with Crippen molar-refractivity contribution in [1.29, 1.82) is 0 Å². The molecule has 0 N–H and O–H groups in total. The molecule has 0 saturated carbocycles. The molecule has 1 unspecified atom stereocenters. The summed E-state index contributed by atoms with van der Waals surface area (Å²) in [5.74, 6) is 0.891. The molecule has 5 rings (SSSR count). The van der Waals surface area contributed by atoms with Crippen LogP contribution in [0, 0.1) is 0 Å². The van der Waals surface area contributed by atoms with Crippen LogP contribution in [0.25, 0.3) is 0 Å². The molecule has 2 aliphatic heterocycles. The van der Waals surface area contributed by atoms with Gasteiger partial charge in [-0.2, -0.15) is 0 Å². The molecule has 6 heteroatoms. The minimum absolute atomic E-state index is 0.00488. The first kappa shape index (κ1) is 24.8. The average molecular weight is 491 g/mol. The van der Waals surface area contributed by atoms with Crippen LogP contribution in [0.4, 0.5) is 0 Å². The molecule has 0 radical (unpaired) electrons. The minimum Gasteiger partial charge on any atom is -0.491 e. The molecule has 1 aliphatic carbocycles. The number of morpholine rings is 1. The van der Waals surface area contributed by atoms with Crippen molar-refractivity contribution >= 4 is 11.8 Å². The number of ether oxygens (including phenoxy) is 2. The summed E-state index contributed by atoms with van der Waals surface area (Å²) in [6, 6.07) is 14.3. The molecule has 0 aromatic heterocycles. The van der Waals surface area contributed by atoms with Crippen molar-refractivity contribution in [3.63, 3.8) is 0 Å². The smallest absolute Gasteiger partial charge is 0.256 e. The van der Waals surface area contributed by atoms with Gasteiger partial charge in [0.25, 0.3) is 11.8 Å². The van der Waals surface area contributed by atoms with Crippen molar-refractivity contribution in [2.75, 3.05) is 39.4 Å². The van der Waals surface area contributed by atoms with Crippen LogP contribution in [0.5, 0.6) is 5.75 Å². The Morgan fingerprint density at radius 3 is 2.56 bits per heavy atom. The third kappa shape index (κ3) is 5.15. The van der Waals surface area contributed by atoms with E-state index in [1.807, 2.05) is 41.0 Å². The van der Waals surface area contributed by atoms with Gasteiger partial charge in [0.15, 0.2) is 5.60 Å². The summed E-state index contributed by atoms with van der Waals surface area (Å²) in [5, 5.41) is 0. The van der Waals surface area contributed by atoms with Crippen LogP contribution in [-0.4, -0.2) is 66.6 Å². The monoisotopic (exact) mass is 490 g/mol. The topological polar surface area (TPSA) is 59.1 Å². The highest BCUT2D eigenvalue weighted by molar-refractivity contribution is 5.95. The van der Waals surface area contributed by atoms with Crippen molar-refractivity contribution in [2.24, 2.45) is 0 Å². The van der Waals surface area contributed by atoms with Gasteiger partial charge >= 0.3 is 0 Å². The van der Waals surface area contributed by atoms with E-state index in [1.165, 1.54) is 29.5 Å². The summed E-state index contributed by atoms with van der Waals surface area (Å²) >= 11 is 0. The molecule has 36 heavy (non-hydrogen) atoms. The zero-order valence-corrected chi connectivity index (χ0v) is 21.5. The van der Waals surface area contributed by atoms with Gasteiger partial charge in [0.1, 0.15) is 12.4 Å². The predicted octanol–water partition coefficient (Wildman–Crippen LogP) is 4.43. The second-order valence-electron chi connectivity index (χ2n) is 10.3. The molecule has 1 spiro atoms. The molecule has 0 bridgehead atoms. The number of para-hydroxylation sites is 1. The third-order valence-corrected chi connectivity index (χ3v) is 8.00. The standard InChI is InChI=1S/C30H38N2O4/c1-2-31-17-19-35-27-13-6-5-10-24(27)11-7-8-16-30(29(31)34)22-32(18-20-36-30)28(33)26-15-14-23-9-3-4-12-25(23)21-26/h5-6,10,13-15,21H,2-4,7-9,11-12,16-20,22H2,1H3. The Morgan fingerprint density at radius 2 is 1.69 bits per heavy atom. The summed E-state index contributed by atoms with van der Waals surface area (Å²) in [7, 11) is 0. The molecule has 1 saturated heterocycles. The molecule has 1 fully saturated rings. The highest BCUT2D eigenvalue weighted by Crippen LogP contribution is 2.31. The van der Waals surface area contributed by atoms with Crippen molar-refractivity contribution in [3.8, 4) is 5.75 Å². The number of benzene rings is 2. The highest BCUT2D eigenvalue weighted by atomic mass is 16.5. The summed E-state index contributed by atoms with van der Waals surface area (Å²) in [6.07, 6.45) is 7.83. The van der Waals surface area contributed by atoms with Crippen LogP contribution in [-0.2, 0) is 28.8 Å². The van der Waals surface area contributed by atoms with Crippen LogP contribution < -0.4 is 4.74 Å². The first-order valence-corrected chi connectivity index (χ1v) is 13.6. The SMILES string of the molecule is CCN1CCOc2ccccc2CCCCC2(CN(C(=O)c3ccc4c(c3)CCCC4)CCO2)C1=O. The van der Waals surface area contributed by atoms with E-state index < -0.39 is 5.60 Å². The summed E-state index contributed by atoms with van der Waals surface area (Å²) in [5.41, 5.74) is 3.60. The van der Waals surface area contributed by atoms with Gasteiger partial charge in [-0.1, -0.05) is 24.3 Å². The van der Waals surface area contributed by atoms with E-state index in [-0.39, 0.29) is 11.8 Å². The van der Waals surface area contributed by atoms with E-state index in [0.29, 0.717) is 45.8 Å². The highest BCUT2D eigenvalue weighted by Gasteiger charge is 2.46. The molecule has 192 valence electrons. The van der Waals surface area contributed by atoms with Gasteiger partial charge in [0.2, 0.25) is 0 Å². The number of amides is 2. The number of nitrogens with zero attached hydrogens (tertiary/aromatic N) is 2. The molecular formula is C30H38N2O4. The lowest BCUT2D eigenvalue weighted by Gasteiger charge is -2.44. The summed E-state index contributed by atoms with van der Waals surface area (Å²) in [6.45, 7) is 4.68. The van der Waals surface area contributed by atoms with Gasteiger partial charge in [0.05, 0.1) is 19.7 Å². The van der Waals surface area contributed by atoms with Crippen molar-refractivity contribution in [1.82, 2.24) is 9.80 Å². The molecule has 2 amide bonds. The Hall–Kier alpha value is -2.86. The van der Waals surface area contributed by atoms with E-state index in [1.54, 1.807) is 0 Å². The van der Waals surface area contributed by atoms with Gasteiger partial charge < -0.3 is 19.3 Å². The maximum atomic E-state index is 13.9. The first-order chi connectivity index (χ1) is 17.6. The van der Waals surface area contributed by atoms with Gasteiger partial charge in [-0.15, -0.1) is 0 Å². The number of hydrogen-bond acceptors (Lipinski definition) is 4. The molecular weight excluding hydrogens is 452 g/mol. The Bertz CT molecular complexity index is 1100. The molecule has 2 aromatic rings. The number of fused-ring (bicyclic) bond motifs is 2. The number of carbonyl (C=O) groups excluding carboxylic acids is 2. The maximum absolute atomic E-state index is 13.9. The van der Waals surface area contributed by atoms with E-state index in [0.717, 1.165) is 43.4 Å². The van der Waals surface area contributed by atoms with Crippen LogP contribution in [0.3, 0.4) is 0 Å². The fraction of sp³-hybridized carbons (Fsp3) is 0.533. The Morgan fingerprint density at radius 1 is 0.917 bits per heavy atom. The zero-order valence-electron chi connectivity index (χ0n) is 21.5. The fourth-order valence-electron chi connectivity index (χ4n) is 5.93. The fourth-order valence-corrected chi connectivity index (χ4v) is 5.93. The number of aryl methyl sites for hydroxylation is 3. The normalized spacial score (nSPS) is 23.2. The Labute approximate surface area is 214 Å².